The van der Waals surface area contributed by atoms with Gasteiger partial charge in [-0.15, -0.1) is 11.3 Å². The van der Waals surface area contributed by atoms with Crippen molar-refractivity contribution in [3.63, 3.8) is 0 Å². The molecule has 0 spiro atoms. The number of nitrogens with one attached hydrogen (secondary N) is 1. The summed E-state index contributed by atoms with van der Waals surface area (Å²) >= 11 is 5.41. The first kappa shape index (κ1) is 11.6. The topological polar surface area (TPSA) is 12.0 Å². The van der Waals surface area contributed by atoms with Crippen LogP contribution in [0.25, 0.3) is 0 Å². The van der Waals surface area contributed by atoms with E-state index in [9.17, 15) is 0 Å². The van der Waals surface area contributed by atoms with Gasteiger partial charge < -0.3 is 5.32 Å². The Morgan fingerprint density at radius 2 is 2.27 bits per heavy atom. The van der Waals surface area contributed by atoms with Gasteiger partial charge in [0.05, 0.1) is 3.79 Å². The van der Waals surface area contributed by atoms with Gasteiger partial charge in [0.2, 0.25) is 0 Å². The Morgan fingerprint density at radius 1 is 1.53 bits per heavy atom. The SMILES string of the molecule is CCNC(C)C1(Cc2ccc(Br)s2)CC1. The van der Waals surface area contributed by atoms with E-state index in [-0.39, 0.29) is 0 Å². The molecule has 1 aromatic rings. The Kier molecular flexibility index (Phi) is 3.53. The van der Waals surface area contributed by atoms with Crippen molar-refractivity contribution < 1.29 is 0 Å². The summed E-state index contributed by atoms with van der Waals surface area (Å²) in [6.07, 6.45) is 4.02. The van der Waals surface area contributed by atoms with Crippen molar-refractivity contribution in [2.75, 3.05) is 6.54 Å². The second-order valence-electron chi connectivity index (χ2n) is 4.52. The normalized spacial score (nSPS) is 20.2. The summed E-state index contributed by atoms with van der Waals surface area (Å²) in [6.45, 7) is 5.60. The van der Waals surface area contributed by atoms with Gasteiger partial charge in [-0.3, -0.25) is 0 Å². The molecule has 1 aliphatic rings. The molecule has 0 aliphatic heterocycles. The molecule has 1 nitrogen and oxygen atoms in total. The molecule has 1 atom stereocenters. The zero-order valence-electron chi connectivity index (χ0n) is 9.35. The Labute approximate surface area is 104 Å². The van der Waals surface area contributed by atoms with Crippen LogP contribution in [0.5, 0.6) is 0 Å². The van der Waals surface area contributed by atoms with Crippen LogP contribution in [0.4, 0.5) is 0 Å². The van der Waals surface area contributed by atoms with E-state index >= 15 is 0 Å². The number of rotatable bonds is 5. The smallest absolute Gasteiger partial charge is 0.0701 e. The first-order valence-corrected chi connectivity index (χ1v) is 7.25. The van der Waals surface area contributed by atoms with Crippen LogP contribution >= 0.6 is 27.3 Å². The average Bonchev–Trinajstić information content (AvgIpc) is 2.86. The zero-order valence-corrected chi connectivity index (χ0v) is 11.7. The highest BCUT2D eigenvalue weighted by molar-refractivity contribution is 9.11. The fourth-order valence-electron chi connectivity index (χ4n) is 2.24. The predicted molar refractivity (Wildman–Crippen MR) is 70.5 cm³/mol. The largest absolute Gasteiger partial charge is 0.314 e. The van der Waals surface area contributed by atoms with Crippen molar-refractivity contribution in [2.24, 2.45) is 5.41 Å². The molecule has 1 aromatic heterocycles. The van der Waals surface area contributed by atoms with Crippen molar-refractivity contribution in [1.29, 1.82) is 0 Å². The van der Waals surface area contributed by atoms with Gasteiger partial charge in [0.15, 0.2) is 0 Å². The maximum Gasteiger partial charge on any atom is 0.0701 e. The number of hydrogen-bond acceptors (Lipinski definition) is 2. The third-order valence-electron chi connectivity index (χ3n) is 3.48. The molecule has 1 unspecified atom stereocenters. The molecule has 15 heavy (non-hydrogen) atoms. The molecule has 1 fully saturated rings. The van der Waals surface area contributed by atoms with E-state index in [4.69, 9.17) is 0 Å². The average molecular weight is 288 g/mol. The van der Waals surface area contributed by atoms with E-state index in [1.54, 1.807) is 0 Å². The number of thiophene rings is 1. The van der Waals surface area contributed by atoms with Crippen molar-refractivity contribution in [3.05, 3.63) is 20.8 Å². The van der Waals surface area contributed by atoms with E-state index in [1.807, 2.05) is 11.3 Å². The molecule has 1 saturated carbocycles. The Morgan fingerprint density at radius 3 is 2.73 bits per heavy atom. The fraction of sp³-hybridized carbons (Fsp3) is 0.667. The molecule has 1 aliphatic carbocycles. The van der Waals surface area contributed by atoms with Gasteiger partial charge in [0, 0.05) is 10.9 Å². The Hall–Kier alpha value is 0.140. The van der Waals surface area contributed by atoms with E-state index in [0.717, 1.165) is 6.54 Å². The number of halogens is 1. The summed E-state index contributed by atoms with van der Waals surface area (Å²) < 4.78 is 1.25. The molecule has 1 heterocycles. The molecular weight excluding hydrogens is 270 g/mol. The van der Waals surface area contributed by atoms with Crippen LogP contribution in [0, 0.1) is 5.41 Å². The molecule has 3 heteroatoms. The summed E-state index contributed by atoms with van der Waals surface area (Å²) in [6, 6.07) is 5.07. The Bertz CT molecular complexity index is 330. The monoisotopic (exact) mass is 287 g/mol. The number of hydrogen-bond donors (Lipinski definition) is 1. The molecule has 0 radical (unpaired) electrons. The standard InChI is InChI=1S/C12H18BrNS/c1-3-14-9(2)12(6-7-12)8-10-4-5-11(13)15-10/h4-5,9,14H,3,6-8H2,1-2H3. The minimum absolute atomic E-state index is 0.556. The second kappa shape index (κ2) is 4.56. The van der Waals surface area contributed by atoms with Crippen LogP contribution < -0.4 is 5.32 Å². The molecule has 0 saturated heterocycles. The third-order valence-corrected chi connectivity index (χ3v) is 5.10. The maximum atomic E-state index is 3.57. The highest BCUT2D eigenvalue weighted by Crippen LogP contribution is 2.52. The second-order valence-corrected chi connectivity index (χ2v) is 7.07. The van der Waals surface area contributed by atoms with Gasteiger partial charge in [-0.2, -0.15) is 0 Å². The molecule has 0 aromatic carbocycles. The van der Waals surface area contributed by atoms with Gasteiger partial charge in [0.25, 0.3) is 0 Å². The summed E-state index contributed by atoms with van der Waals surface area (Å²) in [4.78, 5) is 1.52. The minimum Gasteiger partial charge on any atom is -0.314 e. The highest BCUT2D eigenvalue weighted by atomic mass is 79.9. The lowest BCUT2D eigenvalue weighted by Crippen LogP contribution is -2.35. The predicted octanol–water partition coefficient (Wildman–Crippen LogP) is 3.83. The van der Waals surface area contributed by atoms with Crippen molar-refractivity contribution in [2.45, 2.75) is 39.2 Å². The van der Waals surface area contributed by atoms with Crippen molar-refractivity contribution in [3.8, 4) is 0 Å². The quantitative estimate of drug-likeness (QED) is 0.868. The summed E-state index contributed by atoms with van der Waals surface area (Å²) in [7, 11) is 0. The van der Waals surface area contributed by atoms with E-state index < -0.39 is 0 Å². The lowest BCUT2D eigenvalue weighted by Gasteiger charge is -2.23. The Balaban J connectivity index is 1.99. The van der Waals surface area contributed by atoms with E-state index in [0.29, 0.717) is 11.5 Å². The van der Waals surface area contributed by atoms with Crippen molar-refractivity contribution >= 4 is 27.3 Å². The molecular formula is C12H18BrNS. The van der Waals surface area contributed by atoms with E-state index in [1.165, 1.54) is 27.9 Å². The first-order chi connectivity index (χ1) is 7.16. The van der Waals surface area contributed by atoms with Crippen LogP contribution in [0.1, 0.15) is 31.6 Å². The van der Waals surface area contributed by atoms with Crippen LogP contribution in [0.3, 0.4) is 0 Å². The third kappa shape index (κ3) is 2.63. The van der Waals surface area contributed by atoms with Gasteiger partial charge >= 0.3 is 0 Å². The van der Waals surface area contributed by atoms with Crippen LogP contribution in [-0.4, -0.2) is 12.6 Å². The van der Waals surface area contributed by atoms with Gasteiger partial charge in [0.1, 0.15) is 0 Å². The van der Waals surface area contributed by atoms with Gasteiger partial charge in [-0.1, -0.05) is 6.92 Å². The molecule has 2 rings (SSSR count). The first-order valence-electron chi connectivity index (χ1n) is 5.64. The van der Waals surface area contributed by atoms with Crippen LogP contribution in [0.15, 0.2) is 15.9 Å². The molecule has 0 bridgehead atoms. The van der Waals surface area contributed by atoms with E-state index in [2.05, 4.69) is 47.2 Å². The summed E-state index contributed by atoms with van der Waals surface area (Å²) in [5.74, 6) is 0. The minimum atomic E-state index is 0.556. The van der Waals surface area contributed by atoms with Crippen molar-refractivity contribution in [1.82, 2.24) is 5.32 Å². The van der Waals surface area contributed by atoms with Gasteiger partial charge in [-0.25, -0.2) is 0 Å². The fourth-order valence-corrected chi connectivity index (χ4v) is 3.88. The summed E-state index contributed by atoms with van der Waals surface area (Å²) in [5, 5.41) is 3.57. The zero-order chi connectivity index (χ0) is 10.9. The summed E-state index contributed by atoms with van der Waals surface area (Å²) in [5.41, 5.74) is 0.556. The molecule has 0 amide bonds. The lowest BCUT2D eigenvalue weighted by molar-refractivity contribution is 0.357. The maximum absolute atomic E-state index is 3.57. The van der Waals surface area contributed by atoms with Gasteiger partial charge in [-0.05, 0) is 66.2 Å². The highest BCUT2D eigenvalue weighted by Gasteiger charge is 2.46. The van der Waals surface area contributed by atoms with Crippen LogP contribution in [0.2, 0.25) is 0 Å². The van der Waals surface area contributed by atoms with Crippen LogP contribution in [-0.2, 0) is 6.42 Å². The molecule has 84 valence electrons. The molecule has 1 N–H and O–H groups in total. The lowest BCUT2D eigenvalue weighted by atomic mass is 9.93.